The topological polar surface area (TPSA) is 50.4 Å². The SMILES string of the molecule is COc1cccc(F)c1C(C)NCCC(=O)NC1CC1. The first kappa shape index (κ1) is 14.8. The van der Waals surface area contributed by atoms with Crippen molar-refractivity contribution in [3.8, 4) is 5.75 Å². The smallest absolute Gasteiger partial charge is 0.221 e. The Hall–Kier alpha value is -1.62. The second-order valence-electron chi connectivity index (χ2n) is 5.12. The third-order valence-corrected chi connectivity index (χ3v) is 3.41. The van der Waals surface area contributed by atoms with Crippen LogP contribution in [0.3, 0.4) is 0 Å². The van der Waals surface area contributed by atoms with Crippen molar-refractivity contribution >= 4 is 5.91 Å². The Balaban J connectivity index is 1.84. The van der Waals surface area contributed by atoms with Crippen LogP contribution in [0.25, 0.3) is 0 Å². The van der Waals surface area contributed by atoms with Crippen LogP contribution in [0, 0.1) is 5.82 Å². The van der Waals surface area contributed by atoms with Crippen LogP contribution in [0.1, 0.15) is 37.8 Å². The van der Waals surface area contributed by atoms with Gasteiger partial charge in [-0.3, -0.25) is 4.79 Å². The molecule has 1 aliphatic carbocycles. The highest BCUT2D eigenvalue weighted by Gasteiger charge is 2.23. The summed E-state index contributed by atoms with van der Waals surface area (Å²) < 4.78 is 19.0. The van der Waals surface area contributed by atoms with Gasteiger partial charge in [0.1, 0.15) is 11.6 Å². The minimum Gasteiger partial charge on any atom is -0.496 e. The van der Waals surface area contributed by atoms with E-state index in [2.05, 4.69) is 10.6 Å². The molecule has 20 heavy (non-hydrogen) atoms. The highest BCUT2D eigenvalue weighted by atomic mass is 19.1. The summed E-state index contributed by atoms with van der Waals surface area (Å²) in [5.74, 6) is 0.270. The minimum absolute atomic E-state index is 0.0488. The molecular weight excluding hydrogens is 259 g/mol. The van der Waals surface area contributed by atoms with Gasteiger partial charge in [0.25, 0.3) is 0 Å². The third-order valence-electron chi connectivity index (χ3n) is 3.41. The second kappa shape index (κ2) is 6.70. The lowest BCUT2D eigenvalue weighted by Crippen LogP contribution is -2.30. The van der Waals surface area contributed by atoms with Crippen molar-refractivity contribution in [3.63, 3.8) is 0 Å². The van der Waals surface area contributed by atoms with Gasteiger partial charge < -0.3 is 15.4 Å². The number of hydrogen-bond acceptors (Lipinski definition) is 3. The molecule has 1 atom stereocenters. The quantitative estimate of drug-likeness (QED) is 0.804. The fourth-order valence-electron chi connectivity index (χ4n) is 2.15. The Morgan fingerprint density at radius 1 is 1.50 bits per heavy atom. The lowest BCUT2D eigenvalue weighted by atomic mass is 10.1. The second-order valence-corrected chi connectivity index (χ2v) is 5.12. The molecule has 1 unspecified atom stereocenters. The van der Waals surface area contributed by atoms with E-state index in [1.165, 1.54) is 13.2 Å². The molecule has 5 heteroatoms. The summed E-state index contributed by atoms with van der Waals surface area (Å²) in [5.41, 5.74) is 0.498. The summed E-state index contributed by atoms with van der Waals surface area (Å²) in [6.07, 6.45) is 2.57. The van der Waals surface area contributed by atoms with E-state index in [4.69, 9.17) is 4.74 Å². The van der Waals surface area contributed by atoms with Gasteiger partial charge in [0.2, 0.25) is 5.91 Å². The molecule has 0 spiro atoms. The first-order valence-electron chi connectivity index (χ1n) is 6.97. The van der Waals surface area contributed by atoms with Crippen LogP contribution in [0.15, 0.2) is 18.2 Å². The maximum absolute atomic E-state index is 13.9. The molecule has 2 rings (SSSR count). The molecule has 0 bridgehead atoms. The van der Waals surface area contributed by atoms with Crippen molar-refractivity contribution in [3.05, 3.63) is 29.6 Å². The maximum atomic E-state index is 13.9. The third kappa shape index (κ3) is 3.93. The Bertz CT molecular complexity index is 475. The number of rotatable bonds is 7. The van der Waals surface area contributed by atoms with Crippen LogP contribution in [-0.2, 0) is 4.79 Å². The Kier molecular flexibility index (Phi) is 4.95. The standard InChI is InChI=1S/C15H21FN2O2/c1-10(15-12(16)4-3-5-13(15)20-2)17-9-8-14(19)18-11-6-7-11/h3-5,10-11,17H,6-9H2,1-2H3,(H,18,19). The monoisotopic (exact) mass is 280 g/mol. The molecule has 1 saturated carbocycles. The van der Waals surface area contributed by atoms with Crippen LogP contribution >= 0.6 is 0 Å². The molecule has 4 nitrogen and oxygen atoms in total. The van der Waals surface area contributed by atoms with E-state index in [1.807, 2.05) is 6.92 Å². The summed E-state index contributed by atoms with van der Waals surface area (Å²) in [6, 6.07) is 4.94. The van der Waals surface area contributed by atoms with E-state index in [9.17, 15) is 9.18 Å². The molecule has 0 aliphatic heterocycles. The predicted molar refractivity (Wildman–Crippen MR) is 75.2 cm³/mol. The Morgan fingerprint density at radius 2 is 2.25 bits per heavy atom. The average Bonchev–Trinajstić information content (AvgIpc) is 3.21. The fourth-order valence-corrected chi connectivity index (χ4v) is 2.15. The number of hydrogen-bond donors (Lipinski definition) is 2. The molecule has 0 radical (unpaired) electrons. The van der Waals surface area contributed by atoms with E-state index < -0.39 is 0 Å². The van der Waals surface area contributed by atoms with Crippen LogP contribution in [0.2, 0.25) is 0 Å². The number of amides is 1. The molecule has 1 aliphatic rings. The lowest BCUT2D eigenvalue weighted by molar-refractivity contribution is -0.121. The van der Waals surface area contributed by atoms with Crippen molar-refractivity contribution < 1.29 is 13.9 Å². The van der Waals surface area contributed by atoms with Gasteiger partial charge in [-0.1, -0.05) is 6.07 Å². The van der Waals surface area contributed by atoms with Crippen LogP contribution in [0.5, 0.6) is 5.75 Å². The number of benzene rings is 1. The average molecular weight is 280 g/mol. The van der Waals surface area contributed by atoms with Crippen molar-refractivity contribution in [2.24, 2.45) is 0 Å². The number of methoxy groups -OCH3 is 1. The molecule has 0 saturated heterocycles. The molecule has 1 aromatic carbocycles. The van der Waals surface area contributed by atoms with E-state index in [1.54, 1.807) is 12.1 Å². The van der Waals surface area contributed by atoms with Gasteiger partial charge in [0.05, 0.1) is 7.11 Å². The Labute approximate surface area is 118 Å². The molecule has 1 amide bonds. The fraction of sp³-hybridized carbons (Fsp3) is 0.533. The first-order valence-corrected chi connectivity index (χ1v) is 6.97. The normalized spacial score (nSPS) is 15.8. The number of carbonyl (C=O) groups is 1. The first-order chi connectivity index (χ1) is 9.61. The van der Waals surface area contributed by atoms with Crippen molar-refractivity contribution in [1.82, 2.24) is 10.6 Å². The molecule has 1 aromatic rings. The van der Waals surface area contributed by atoms with Gasteiger partial charge in [-0.25, -0.2) is 4.39 Å². The zero-order chi connectivity index (χ0) is 14.5. The van der Waals surface area contributed by atoms with Gasteiger partial charge in [0.15, 0.2) is 0 Å². The maximum Gasteiger partial charge on any atom is 0.221 e. The molecule has 0 heterocycles. The van der Waals surface area contributed by atoms with Crippen LogP contribution in [-0.4, -0.2) is 25.6 Å². The summed E-state index contributed by atoms with van der Waals surface area (Å²) in [5, 5.41) is 6.08. The highest BCUT2D eigenvalue weighted by molar-refractivity contribution is 5.76. The van der Waals surface area contributed by atoms with Crippen molar-refractivity contribution in [1.29, 1.82) is 0 Å². The largest absolute Gasteiger partial charge is 0.496 e. The lowest BCUT2D eigenvalue weighted by Gasteiger charge is -2.17. The van der Waals surface area contributed by atoms with Crippen LogP contribution in [0.4, 0.5) is 4.39 Å². The summed E-state index contributed by atoms with van der Waals surface area (Å²) >= 11 is 0. The van der Waals surface area contributed by atoms with Gasteiger partial charge in [0, 0.05) is 30.6 Å². The number of nitrogens with one attached hydrogen (secondary N) is 2. The zero-order valence-corrected chi connectivity index (χ0v) is 11.9. The van der Waals surface area contributed by atoms with Crippen molar-refractivity contribution in [2.75, 3.05) is 13.7 Å². The summed E-state index contributed by atoms with van der Waals surface area (Å²) in [6.45, 7) is 2.37. The van der Waals surface area contributed by atoms with E-state index >= 15 is 0 Å². The Morgan fingerprint density at radius 3 is 2.90 bits per heavy atom. The number of halogens is 1. The van der Waals surface area contributed by atoms with Gasteiger partial charge in [-0.05, 0) is 31.9 Å². The van der Waals surface area contributed by atoms with Crippen molar-refractivity contribution in [2.45, 2.75) is 38.3 Å². The molecular formula is C15H21FN2O2. The van der Waals surface area contributed by atoms with Gasteiger partial charge in [-0.15, -0.1) is 0 Å². The predicted octanol–water partition coefficient (Wildman–Crippen LogP) is 2.15. The summed E-state index contributed by atoms with van der Waals surface area (Å²) in [4.78, 5) is 11.6. The minimum atomic E-state index is -0.299. The van der Waals surface area contributed by atoms with Crippen LogP contribution < -0.4 is 15.4 Å². The molecule has 110 valence electrons. The molecule has 0 aromatic heterocycles. The highest BCUT2D eigenvalue weighted by Crippen LogP contribution is 2.27. The van der Waals surface area contributed by atoms with Gasteiger partial charge >= 0.3 is 0 Å². The number of carbonyl (C=O) groups excluding carboxylic acids is 1. The van der Waals surface area contributed by atoms with E-state index in [0.29, 0.717) is 30.3 Å². The summed E-state index contributed by atoms with van der Waals surface area (Å²) in [7, 11) is 1.52. The van der Waals surface area contributed by atoms with E-state index in [0.717, 1.165) is 12.8 Å². The van der Waals surface area contributed by atoms with E-state index in [-0.39, 0.29) is 17.8 Å². The molecule has 2 N–H and O–H groups in total. The van der Waals surface area contributed by atoms with Gasteiger partial charge in [-0.2, -0.15) is 0 Å². The zero-order valence-electron chi connectivity index (χ0n) is 11.9. The number of ether oxygens (including phenoxy) is 1. The molecule has 1 fully saturated rings.